The Bertz CT molecular complexity index is 1170. The zero-order valence-electron chi connectivity index (χ0n) is 17.4. The van der Waals surface area contributed by atoms with Crippen LogP contribution in [0.5, 0.6) is 11.5 Å². The normalized spacial score (nSPS) is 15.1. The summed E-state index contributed by atoms with van der Waals surface area (Å²) in [6, 6.07) is 7.39. The number of nitrogens with one attached hydrogen (secondary N) is 1. The van der Waals surface area contributed by atoms with Crippen molar-refractivity contribution in [3.05, 3.63) is 56.2 Å². The molecule has 9 nitrogen and oxygen atoms in total. The van der Waals surface area contributed by atoms with E-state index in [1.807, 2.05) is 36.4 Å². The summed E-state index contributed by atoms with van der Waals surface area (Å²) >= 11 is 1.93. The summed E-state index contributed by atoms with van der Waals surface area (Å²) in [5.74, 6) is -2.27. The minimum Gasteiger partial charge on any atom is -0.493 e. The van der Waals surface area contributed by atoms with Crippen molar-refractivity contribution in [2.45, 2.75) is 13.8 Å². The lowest BCUT2D eigenvalue weighted by Crippen LogP contribution is -2.54. The van der Waals surface area contributed by atoms with Crippen molar-refractivity contribution in [1.82, 2.24) is 5.32 Å². The zero-order chi connectivity index (χ0) is 23.6. The monoisotopic (exact) mass is 550 g/mol. The number of rotatable bonds is 6. The van der Waals surface area contributed by atoms with Gasteiger partial charge in [-0.15, -0.1) is 0 Å². The van der Waals surface area contributed by atoms with Crippen molar-refractivity contribution < 1.29 is 33.8 Å². The van der Waals surface area contributed by atoms with Gasteiger partial charge in [-0.3, -0.25) is 14.9 Å². The van der Waals surface area contributed by atoms with Gasteiger partial charge in [0, 0.05) is 0 Å². The second kappa shape index (κ2) is 9.39. The largest absolute Gasteiger partial charge is 0.493 e. The van der Waals surface area contributed by atoms with Crippen LogP contribution >= 0.6 is 22.6 Å². The van der Waals surface area contributed by atoms with Crippen LogP contribution < -0.4 is 19.7 Å². The molecule has 0 aliphatic carbocycles. The first-order chi connectivity index (χ1) is 15.1. The number of ether oxygens (including phenoxy) is 2. The molecule has 2 N–H and O–H groups in total. The van der Waals surface area contributed by atoms with E-state index in [0.717, 1.165) is 16.0 Å². The third-order valence-electron chi connectivity index (χ3n) is 4.75. The molecule has 0 radical (unpaired) electrons. The molecular weight excluding hydrogens is 531 g/mol. The molecular formula is C22H19IN2O7. The fourth-order valence-electron chi connectivity index (χ4n) is 3.02. The van der Waals surface area contributed by atoms with Crippen molar-refractivity contribution in [2.24, 2.45) is 0 Å². The van der Waals surface area contributed by atoms with Crippen LogP contribution in [0.3, 0.4) is 0 Å². The standard InChI is InChI=1S/C22H19IN2O7/c1-11-4-5-14(6-12(11)2)25-21(29)15(20(28)24-22(25)30)7-13-8-16(23)19(17(9-13)31-3)32-10-18(26)27/h4-9H,10H2,1-3H3,(H,26,27)(H,24,28,30)/b15-7+. The molecule has 1 heterocycles. The maximum atomic E-state index is 13.1. The Balaban J connectivity index is 2.01. The molecule has 2 aromatic rings. The van der Waals surface area contributed by atoms with E-state index in [-0.39, 0.29) is 17.1 Å². The van der Waals surface area contributed by atoms with Crippen LogP contribution in [-0.2, 0) is 14.4 Å². The number of nitrogens with zero attached hydrogens (tertiary/aromatic N) is 1. The summed E-state index contributed by atoms with van der Waals surface area (Å²) in [4.78, 5) is 49.6. The van der Waals surface area contributed by atoms with E-state index in [9.17, 15) is 19.2 Å². The number of halogens is 1. The second-order valence-electron chi connectivity index (χ2n) is 6.94. The van der Waals surface area contributed by atoms with Crippen molar-refractivity contribution in [2.75, 3.05) is 18.6 Å². The van der Waals surface area contributed by atoms with Gasteiger partial charge in [-0.2, -0.15) is 0 Å². The molecule has 166 valence electrons. The highest BCUT2D eigenvalue weighted by atomic mass is 127. The highest BCUT2D eigenvalue weighted by molar-refractivity contribution is 14.1. The summed E-state index contributed by atoms with van der Waals surface area (Å²) in [5.41, 5.74) is 2.43. The van der Waals surface area contributed by atoms with Gasteiger partial charge in [0.2, 0.25) is 0 Å². The van der Waals surface area contributed by atoms with Gasteiger partial charge >= 0.3 is 12.0 Å². The molecule has 3 rings (SSSR count). The van der Waals surface area contributed by atoms with Crippen LogP contribution in [0.2, 0.25) is 0 Å². The Morgan fingerprint density at radius 1 is 1.16 bits per heavy atom. The first-order valence-corrected chi connectivity index (χ1v) is 10.4. The molecule has 1 saturated heterocycles. The molecule has 0 spiro atoms. The van der Waals surface area contributed by atoms with Gasteiger partial charge in [-0.25, -0.2) is 14.5 Å². The van der Waals surface area contributed by atoms with Gasteiger partial charge < -0.3 is 14.6 Å². The number of hydrogen-bond donors (Lipinski definition) is 2. The molecule has 1 fully saturated rings. The Morgan fingerprint density at radius 3 is 2.50 bits per heavy atom. The van der Waals surface area contributed by atoms with Gasteiger partial charge in [0.25, 0.3) is 11.8 Å². The molecule has 1 aliphatic rings. The minimum atomic E-state index is -1.14. The number of carboxylic acids is 1. The summed E-state index contributed by atoms with van der Waals surface area (Å²) in [6.07, 6.45) is 1.34. The predicted octanol–water partition coefficient (Wildman–Crippen LogP) is 3.05. The lowest BCUT2D eigenvalue weighted by Gasteiger charge is -2.27. The number of carboxylic acid groups (broad SMARTS) is 1. The SMILES string of the molecule is COc1cc(/C=C2\C(=O)NC(=O)N(c3ccc(C)c(C)c3)C2=O)cc(I)c1OCC(=O)O. The first kappa shape index (κ1) is 23.3. The number of anilines is 1. The molecule has 0 bridgehead atoms. The Kier molecular flexibility index (Phi) is 6.82. The maximum absolute atomic E-state index is 13.1. The Morgan fingerprint density at radius 2 is 1.88 bits per heavy atom. The highest BCUT2D eigenvalue weighted by Crippen LogP contribution is 2.35. The smallest absolute Gasteiger partial charge is 0.341 e. The van der Waals surface area contributed by atoms with E-state index in [2.05, 4.69) is 5.32 Å². The summed E-state index contributed by atoms with van der Waals surface area (Å²) in [5, 5.41) is 11.0. The molecule has 32 heavy (non-hydrogen) atoms. The van der Waals surface area contributed by atoms with Crippen LogP contribution in [-0.4, -0.2) is 42.6 Å². The summed E-state index contributed by atoms with van der Waals surface area (Å²) in [6.45, 7) is 3.21. The highest BCUT2D eigenvalue weighted by Gasteiger charge is 2.37. The molecule has 0 saturated carbocycles. The number of imide groups is 2. The third-order valence-corrected chi connectivity index (χ3v) is 5.55. The van der Waals surface area contributed by atoms with E-state index in [1.54, 1.807) is 24.3 Å². The predicted molar refractivity (Wildman–Crippen MR) is 124 cm³/mol. The maximum Gasteiger partial charge on any atom is 0.341 e. The summed E-state index contributed by atoms with van der Waals surface area (Å²) in [7, 11) is 1.38. The van der Waals surface area contributed by atoms with Crippen LogP contribution in [0.25, 0.3) is 6.08 Å². The van der Waals surface area contributed by atoms with E-state index in [1.165, 1.54) is 19.3 Å². The first-order valence-electron chi connectivity index (χ1n) is 9.33. The van der Waals surface area contributed by atoms with Crippen LogP contribution in [0.4, 0.5) is 10.5 Å². The van der Waals surface area contributed by atoms with Gasteiger partial charge in [-0.1, -0.05) is 6.07 Å². The van der Waals surface area contributed by atoms with Crippen molar-refractivity contribution >= 4 is 58.2 Å². The fraction of sp³-hybridized carbons (Fsp3) is 0.182. The lowest BCUT2D eigenvalue weighted by molar-refractivity contribution is -0.139. The number of benzene rings is 2. The van der Waals surface area contributed by atoms with Crippen molar-refractivity contribution in [3.63, 3.8) is 0 Å². The number of methoxy groups -OCH3 is 1. The molecule has 1 aliphatic heterocycles. The van der Waals surface area contributed by atoms with E-state index in [0.29, 0.717) is 14.8 Å². The molecule has 2 aromatic carbocycles. The van der Waals surface area contributed by atoms with Crippen molar-refractivity contribution in [3.8, 4) is 11.5 Å². The van der Waals surface area contributed by atoms with Gasteiger partial charge in [-0.05, 0) is 83.5 Å². The Hall–Kier alpha value is -3.41. The second-order valence-corrected chi connectivity index (χ2v) is 8.11. The molecule has 4 amide bonds. The number of carbonyl (C=O) groups is 4. The molecule has 0 atom stereocenters. The third kappa shape index (κ3) is 4.74. The van der Waals surface area contributed by atoms with Crippen molar-refractivity contribution in [1.29, 1.82) is 0 Å². The quantitative estimate of drug-likeness (QED) is 0.322. The number of carbonyl (C=O) groups excluding carboxylic acids is 3. The van der Waals surface area contributed by atoms with E-state index in [4.69, 9.17) is 14.6 Å². The number of aliphatic carboxylic acids is 1. The topological polar surface area (TPSA) is 122 Å². The van der Waals surface area contributed by atoms with Crippen LogP contribution in [0, 0.1) is 17.4 Å². The van der Waals surface area contributed by atoms with E-state index >= 15 is 0 Å². The van der Waals surface area contributed by atoms with Gasteiger partial charge in [0.15, 0.2) is 18.1 Å². The average Bonchev–Trinajstić information content (AvgIpc) is 2.72. The number of amides is 4. The average molecular weight is 550 g/mol. The Labute approximate surface area is 197 Å². The van der Waals surface area contributed by atoms with E-state index < -0.39 is 30.4 Å². The lowest BCUT2D eigenvalue weighted by atomic mass is 10.0. The molecule has 0 aromatic heterocycles. The van der Waals surface area contributed by atoms with Crippen LogP contribution in [0.15, 0.2) is 35.9 Å². The molecule has 0 unspecified atom stereocenters. The van der Waals surface area contributed by atoms with Gasteiger partial charge in [0.05, 0.1) is 16.4 Å². The number of barbiturate groups is 1. The number of aryl methyl sites for hydroxylation is 2. The zero-order valence-corrected chi connectivity index (χ0v) is 19.6. The minimum absolute atomic E-state index is 0.226. The molecule has 10 heteroatoms. The number of urea groups is 1. The number of hydrogen-bond acceptors (Lipinski definition) is 6. The summed E-state index contributed by atoms with van der Waals surface area (Å²) < 4.78 is 11.1. The van der Waals surface area contributed by atoms with Crippen LogP contribution in [0.1, 0.15) is 16.7 Å². The van der Waals surface area contributed by atoms with Gasteiger partial charge in [0.1, 0.15) is 5.57 Å². The fourth-order valence-corrected chi connectivity index (χ4v) is 3.80.